The molecule has 0 aliphatic heterocycles. The van der Waals surface area contributed by atoms with Crippen LogP contribution in [0.25, 0.3) is 0 Å². The second kappa shape index (κ2) is 5.43. The van der Waals surface area contributed by atoms with Gasteiger partial charge < -0.3 is 4.74 Å². The molecule has 0 aliphatic rings. The molecule has 0 bridgehead atoms. The molecular weight excluding hydrogens is 241 g/mol. The number of halogens is 4. The van der Waals surface area contributed by atoms with Gasteiger partial charge >= 0.3 is 6.18 Å². The largest absolute Gasteiger partial charge is 0.489 e. The highest BCUT2D eigenvalue weighted by atomic mass is 35.5. The van der Waals surface area contributed by atoms with Crippen LogP contribution in [0.2, 0.25) is 0 Å². The van der Waals surface area contributed by atoms with Crippen LogP contribution >= 0.6 is 11.6 Å². The van der Waals surface area contributed by atoms with Crippen molar-refractivity contribution in [1.82, 2.24) is 0 Å². The zero-order chi connectivity index (χ0) is 12.2. The minimum absolute atomic E-state index is 0.168. The van der Waals surface area contributed by atoms with Gasteiger partial charge in [0, 0.05) is 0 Å². The summed E-state index contributed by atoms with van der Waals surface area (Å²) in [4.78, 5) is 0. The quantitative estimate of drug-likeness (QED) is 0.733. The zero-order valence-electron chi connectivity index (χ0n) is 8.72. The fraction of sp³-hybridized carbons (Fsp3) is 0.455. The van der Waals surface area contributed by atoms with Crippen LogP contribution < -0.4 is 4.74 Å². The zero-order valence-corrected chi connectivity index (χ0v) is 9.48. The maximum atomic E-state index is 12.3. The summed E-state index contributed by atoms with van der Waals surface area (Å²) in [5, 5.41) is 0. The van der Waals surface area contributed by atoms with Gasteiger partial charge in [-0.15, -0.1) is 11.6 Å². The standard InChI is InChI=1S/C11H12ClF3O/c1-2-9(7-12)16-10-5-3-8(4-6-10)11(13,14)15/h3-6,9H,2,7H2,1H3. The lowest BCUT2D eigenvalue weighted by Gasteiger charge is -2.15. The molecule has 0 fully saturated rings. The Balaban J connectivity index is 2.72. The van der Waals surface area contributed by atoms with Crippen LogP contribution in [-0.2, 0) is 6.18 Å². The Morgan fingerprint density at radius 1 is 1.25 bits per heavy atom. The van der Waals surface area contributed by atoms with Crippen molar-refractivity contribution >= 4 is 11.6 Å². The normalized spacial score (nSPS) is 13.6. The van der Waals surface area contributed by atoms with Crippen LogP contribution in [0.1, 0.15) is 18.9 Å². The van der Waals surface area contributed by atoms with E-state index < -0.39 is 11.7 Å². The van der Waals surface area contributed by atoms with E-state index in [0.29, 0.717) is 18.1 Å². The summed E-state index contributed by atoms with van der Waals surface area (Å²) in [6, 6.07) is 4.60. The van der Waals surface area contributed by atoms with E-state index in [2.05, 4.69) is 0 Å². The highest BCUT2D eigenvalue weighted by Crippen LogP contribution is 2.30. The summed E-state index contributed by atoms with van der Waals surface area (Å²) in [6.07, 6.45) is -3.77. The van der Waals surface area contributed by atoms with Gasteiger partial charge in [0.2, 0.25) is 0 Å². The lowest BCUT2D eigenvalue weighted by molar-refractivity contribution is -0.137. The van der Waals surface area contributed by atoms with E-state index in [1.807, 2.05) is 6.92 Å². The first-order valence-electron chi connectivity index (χ1n) is 4.87. The minimum Gasteiger partial charge on any atom is -0.489 e. The molecule has 1 rings (SSSR count). The molecule has 0 spiro atoms. The Hall–Kier alpha value is -0.900. The van der Waals surface area contributed by atoms with E-state index in [9.17, 15) is 13.2 Å². The second-order valence-corrected chi connectivity index (χ2v) is 3.63. The molecule has 0 amide bonds. The van der Waals surface area contributed by atoms with Crippen molar-refractivity contribution in [3.63, 3.8) is 0 Å². The molecule has 0 aromatic heterocycles. The summed E-state index contributed by atoms with van der Waals surface area (Å²) in [5.74, 6) is 0.720. The van der Waals surface area contributed by atoms with E-state index in [1.54, 1.807) is 0 Å². The lowest BCUT2D eigenvalue weighted by atomic mass is 10.2. The van der Waals surface area contributed by atoms with Crippen LogP contribution in [0.15, 0.2) is 24.3 Å². The maximum Gasteiger partial charge on any atom is 0.416 e. The third kappa shape index (κ3) is 3.59. The predicted molar refractivity (Wildman–Crippen MR) is 56.9 cm³/mol. The third-order valence-electron chi connectivity index (χ3n) is 2.11. The van der Waals surface area contributed by atoms with Crippen LogP contribution in [0.5, 0.6) is 5.75 Å². The Labute approximate surface area is 97.2 Å². The van der Waals surface area contributed by atoms with Crippen LogP contribution in [0.3, 0.4) is 0 Å². The summed E-state index contributed by atoms with van der Waals surface area (Å²) in [5.41, 5.74) is -0.682. The first kappa shape index (κ1) is 13.2. The first-order valence-corrected chi connectivity index (χ1v) is 5.40. The summed E-state index contributed by atoms with van der Waals surface area (Å²) in [6.45, 7) is 1.90. The van der Waals surface area contributed by atoms with Gasteiger partial charge in [0.25, 0.3) is 0 Å². The maximum absolute atomic E-state index is 12.3. The summed E-state index contributed by atoms with van der Waals surface area (Å²) >= 11 is 5.62. The molecule has 0 radical (unpaired) electrons. The van der Waals surface area contributed by atoms with Crippen molar-refractivity contribution in [2.45, 2.75) is 25.6 Å². The Morgan fingerprint density at radius 3 is 2.19 bits per heavy atom. The van der Waals surface area contributed by atoms with Crippen molar-refractivity contribution in [1.29, 1.82) is 0 Å². The van der Waals surface area contributed by atoms with Gasteiger partial charge in [-0.3, -0.25) is 0 Å². The Bertz CT molecular complexity index is 317. The van der Waals surface area contributed by atoms with Crippen molar-refractivity contribution in [3.8, 4) is 5.75 Å². The number of rotatable bonds is 4. The predicted octanol–water partition coefficient (Wildman–Crippen LogP) is 4.10. The molecule has 1 aromatic rings. The van der Waals surface area contributed by atoms with Crippen LogP contribution in [-0.4, -0.2) is 12.0 Å². The van der Waals surface area contributed by atoms with Crippen LogP contribution in [0.4, 0.5) is 13.2 Å². The van der Waals surface area contributed by atoms with E-state index in [-0.39, 0.29) is 6.10 Å². The van der Waals surface area contributed by atoms with Crippen molar-refractivity contribution < 1.29 is 17.9 Å². The summed E-state index contributed by atoms with van der Waals surface area (Å²) < 4.78 is 42.1. The topological polar surface area (TPSA) is 9.23 Å². The van der Waals surface area contributed by atoms with Gasteiger partial charge in [0.15, 0.2) is 0 Å². The molecule has 0 saturated carbocycles. The molecule has 1 unspecified atom stereocenters. The molecule has 1 atom stereocenters. The van der Waals surface area contributed by atoms with E-state index >= 15 is 0 Å². The molecule has 16 heavy (non-hydrogen) atoms. The SMILES string of the molecule is CCC(CCl)Oc1ccc(C(F)(F)F)cc1. The van der Waals surface area contributed by atoms with Gasteiger partial charge in [0.1, 0.15) is 11.9 Å². The van der Waals surface area contributed by atoms with E-state index in [1.165, 1.54) is 12.1 Å². The molecule has 0 aliphatic carbocycles. The molecule has 0 N–H and O–H groups in total. The average Bonchev–Trinajstić information content (AvgIpc) is 2.25. The van der Waals surface area contributed by atoms with E-state index in [4.69, 9.17) is 16.3 Å². The molecule has 1 aromatic carbocycles. The second-order valence-electron chi connectivity index (χ2n) is 3.32. The molecule has 90 valence electrons. The number of hydrogen-bond acceptors (Lipinski definition) is 1. The number of hydrogen-bond donors (Lipinski definition) is 0. The number of alkyl halides is 4. The molecular formula is C11H12ClF3O. The van der Waals surface area contributed by atoms with Gasteiger partial charge in [0.05, 0.1) is 11.4 Å². The van der Waals surface area contributed by atoms with E-state index in [0.717, 1.165) is 12.1 Å². The average molecular weight is 253 g/mol. The number of benzene rings is 1. The summed E-state index contributed by atoms with van der Waals surface area (Å²) in [7, 11) is 0. The van der Waals surface area contributed by atoms with Crippen molar-refractivity contribution in [3.05, 3.63) is 29.8 Å². The molecule has 5 heteroatoms. The monoisotopic (exact) mass is 252 g/mol. The Morgan fingerprint density at radius 2 is 1.81 bits per heavy atom. The van der Waals surface area contributed by atoms with Gasteiger partial charge in [-0.25, -0.2) is 0 Å². The number of ether oxygens (including phenoxy) is 1. The fourth-order valence-corrected chi connectivity index (χ4v) is 1.42. The van der Waals surface area contributed by atoms with Gasteiger partial charge in [-0.1, -0.05) is 6.92 Å². The highest BCUT2D eigenvalue weighted by Gasteiger charge is 2.30. The van der Waals surface area contributed by atoms with Gasteiger partial charge in [-0.05, 0) is 30.7 Å². The van der Waals surface area contributed by atoms with Crippen molar-refractivity contribution in [2.24, 2.45) is 0 Å². The molecule has 1 nitrogen and oxygen atoms in total. The van der Waals surface area contributed by atoms with Gasteiger partial charge in [-0.2, -0.15) is 13.2 Å². The lowest BCUT2D eigenvalue weighted by Crippen LogP contribution is -2.17. The fourth-order valence-electron chi connectivity index (χ4n) is 1.14. The third-order valence-corrected chi connectivity index (χ3v) is 2.46. The Kier molecular flexibility index (Phi) is 4.47. The first-order chi connectivity index (χ1) is 7.47. The molecule has 0 heterocycles. The van der Waals surface area contributed by atoms with Crippen molar-refractivity contribution in [2.75, 3.05) is 5.88 Å². The minimum atomic E-state index is -4.31. The van der Waals surface area contributed by atoms with Crippen LogP contribution in [0, 0.1) is 0 Å². The smallest absolute Gasteiger partial charge is 0.416 e. The molecule has 0 saturated heterocycles. The highest BCUT2D eigenvalue weighted by molar-refractivity contribution is 6.18.